The summed E-state index contributed by atoms with van der Waals surface area (Å²) < 4.78 is 0. The number of fused-ring (bicyclic) bond motifs is 1. The Morgan fingerprint density at radius 2 is 2.14 bits per heavy atom. The second-order valence-electron chi connectivity index (χ2n) is 7.27. The Balaban J connectivity index is 1.80. The standard InChI is InChI=1S/C15H25N5O/c1-5-11-10-7-16-6-9(10)8-20(11)13(21)12-17-14(19-18-12)15(2,3)4/h9-11,16H,5-8H2,1-4H3,(H,17,18,19). The zero-order valence-corrected chi connectivity index (χ0v) is 13.3. The van der Waals surface area contributed by atoms with E-state index in [1.807, 2.05) is 4.90 Å². The summed E-state index contributed by atoms with van der Waals surface area (Å²) in [4.78, 5) is 19.2. The number of hydrogen-bond acceptors (Lipinski definition) is 4. The van der Waals surface area contributed by atoms with Crippen LogP contribution in [0.25, 0.3) is 0 Å². The smallest absolute Gasteiger partial charge is 0.293 e. The fourth-order valence-corrected chi connectivity index (χ4v) is 3.60. The van der Waals surface area contributed by atoms with Gasteiger partial charge in [-0.15, -0.1) is 5.10 Å². The number of nitrogens with one attached hydrogen (secondary N) is 2. The fraction of sp³-hybridized carbons (Fsp3) is 0.800. The Hall–Kier alpha value is -1.43. The van der Waals surface area contributed by atoms with Gasteiger partial charge in [0.15, 0.2) is 0 Å². The minimum Gasteiger partial charge on any atom is -0.332 e. The number of aromatic nitrogens is 3. The van der Waals surface area contributed by atoms with Crippen molar-refractivity contribution in [3.8, 4) is 0 Å². The number of aromatic amines is 1. The number of carbonyl (C=O) groups excluding carboxylic acids is 1. The quantitative estimate of drug-likeness (QED) is 0.858. The first-order valence-electron chi connectivity index (χ1n) is 7.86. The summed E-state index contributed by atoms with van der Waals surface area (Å²) >= 11 is 0. The van der Waals surface area contributed by atoms with Crippen LogP contribution < -0.4 is 5.32 Å². The molecule has 0 bridgehead atoms. The summed E-state index contributed by atoms with van der Waals surface area (Å²) in [6, 6.07) is 0.314. The van der Waals surface area contributed by atoms with Crippen LogP contribution in [0.4, 0.5) is 0 Å². The number of carbonyl (C=O) groups is 1. The Bertz CT molecular complexity index is 532. The van der Waals surface area contributed by atoms with E-state index in [2.05, 4.69) is 48.2 Å². The highest BCUT2D eigenvalue weighted by molar-refractivity contribution is 5.91. The van der Waals surface area contributed by atoms with E-state index < -0.39 is 0 Å². The van der Waals surface area contributed by atoms with Crippen molar-refractivity contribution in [2.24, 2.45) is 11.8 Å². The number of rotatable bonds is 2. The van der Waals surface area contributed by atoms with Crippen molar-refractivity contribution in [3.05, 3.63) is 11.6 Å². The molecule has 0 aromatic carbocycles. The first-order chi connectivity index (χ1) is 9.91. The molecule has 3 heterocycles. The van der Waals surface area contributed by atoms with Crippen LogP contribution in [-0.2, 0) is 5.41 Å². The molecule has 2 N–H and O–H groups in total. The molecule has 116 valence electrons. The third kappa shape index (κ3) is 2.46. The molecule has 3 atom stereocenters. The van der Waals surface area contributed by atoms with E-state index in [1.54, 1.807) is 0 Å². The monoisotopic (exact) mass is 291 g/mol. The van der Waals surface area contributed by atoms with Crippen LogP contribution in [0.5, 0.6) is 0 Å². The average Bonchev–Trinajstić information content (AvgIpc) is 3.11. The summed E-state index contributed by atoms with van der Waals surface area (Å²) in [6.45, 7) is 11.2. The lowest BCUT2D eigenvalue weighted by atomic mass is 9.93. The molecule has 2 fully saturated rings. The summed E-state index contributed by atoms with van der Waals surface area (Å²) in [7, 11) is 0. The van der Waals surface area contributed by atoms with Crippen LogP contribution in [0.1, 0.15) is 50.6 Å². The van der Waals surface area contributed by atoms with Crippen LogP contribution in [0.2, 0.25) is 0 Å². The molecule has 3 rings (SSSR count). The predicted octanol–water partition coefficient (Wildman–Crippen LogP) is 1.17. The topological polar surface area (TPSA) is 73.9 Å². The van der Waals surface area contributed by atoms with Gasteiger partial charge in [-0.05, 0) is 18.3 Å². The molecule has 0 saturated carbocycles. The molecule has 6 nitrogen and oxygen atoms in total. The van der Waals surface area contributed by atoms with E-state index in [0.717, 1.165) is 31.9 Å². The lowest BCUT2D eigenvalue weighted by molar-refractivity contribution is 0.0699. The van der Waals surface area contributed by atoms with Gasteiger partial charge in [0.1, 0.15) is 5.82 Å². The SMILES string of the molecule is CCC1C2CNCC2CN1C(=O)c1n[nH]c(C(C)(C)C)n1. The molecule has 6 heteroatoms. The summed E-state index contributed by atoms with van der Waals surface area (Å²) in [5.74, 6) is 2.22. The van der Waals surface area contributed by atoms with Crippen LogP contribution in [0.15, 0.2) is 0 Å². The maximum atomic E-state index is 12.7. The molecule has 1 amide bonds. The van der Waals surface area contributed by atoms with Crippen molar-refractivity contribution in [1.82, 2.24) is 25.4 Å². The Kier molecular flexibility index (Phi) is 3.51. The van der Waals surface area contributed by atoms with Crippen molar-refractivity contribution in [2.75, 3.05) is 19.6 Å². The molecule has 0 spiro atoms. The van der Waals surface area contributed by atoms with Gasteiger partial charge in [0, 0.05) is 31.1 Å². The first kappa shape index (κ1) is 14.5. The van der Waals surface area contributed by atoms with Gasteiger partial charge in [-0.25, -0.2) is 4.98 Å². The van der Waals surface area contributed by atoms with E-state index in [1.165, 1.54) is 0 Å². The van der Waals surface area contributed by atoms with Gasteiger partial charge in [0.25, 0.3) is 5.91 Å². The summed E-state index contributed by atoms with van der Waals surface area (Å²) in [6.07, 6.45) is 0.991. The van der Waals surface area contributed by atoms with Crippen molar-refractivity contribution >= 4 is 5.91 Å². The number of likely N-dealkylation sites (tertiary alicyclic amines) is 1. The third-order valence-corrected chi connectivity index (χ3v) is 4.78. The van der Waals surface area contributed by atoms with Gasteiger partial charge in [0.2, 0.25) is 5.82 Å². The maximum Gasteiger partial charge on any atom is 0.293 e. The van der Waals surface area contributed by atoms with Crippen LogP contribution in [0, 0.1) is 11.8 Å². The Morgan fingerprint density at radius 3 is 2.76 bits per heavy atom. The minimum atomic E-state index is -0.124. The highest BCUT2D eigenvalue weighted by Crippen LogP contribution is 2.34. The van der Waals surface area contributed by atoms with Gasteiger partial charge in [0.05, 0.1) is 0 Å². The molecule has 2 aliphatic heterocycles. The van der Waals surface area contributed by atoms with Gasteiger partial charge in [-0.3, -0.25) is 9.89 Å². The van der Waals surface area contributed by atoms with Gasteiger partial charge in [-0.2, -0.15) is 0 Å². The number of H-pyrrole nitrogens is 1. The number of hydrogen-bond donors (Lipinski definition) is 2. The normalized spacial score (nSPS) is 29.0. The van der Waals surface area contributed by atoms with Crippen molar-refractivity contribution < 1.29 is 4.79 Å². The van der Waals surface area contributed by atoms with E-state index in [9.17, 15) is 4.79 Å². The van der Waals surface area contributed by atoms with E-state index >= 15 is 0 Å². The van der Waals surface area contributed by atoms with Crippen molar-refractivity contribution in [3.63, 3.8) is 0 Å². The minimum absolute atomic E-state index is 0.0250. The van der Waals surface area contributed by atoms with Gasteiger partial charge in [-0.1, -0.05) is 27.7 Å². The van der Waals surface area contributed by atoms with Gasteiger partial charge >= 0.3 is 0 Å². The molecule has 0 radical (unpaired) electrons. The third-order valence-electron chi connectivity index (χ3n) is 4.78. The molecule has 0 aliphatic carbocycles. The number of amides is 1. The largest absolute Gasteiger partial charge is 0.332 e. The van der Waals surface area contributed by atoms with Crippen LogP contribution >= 0.6 is 0 Å². The van der Waals surface area contributed by atoms with Crippen molar-refractivity contribution in [2.45, 2.75) is 45.6 Å². The van der Waals surface area contributed by atoms with E-state index in [-0.39, 0.29) is 11.3 Å². The molecular formula is C15H25N5O. The van der Waals surface area contributed by atoms with E-state index in [0.29, 0.717) is 23.7 Å². The summed E-state index contributed by atoms with van der Waals surface area (Å²) in [5.41, 5.74) is -0.124. The first-order valence-corrected chi connectivity index (χ1v) is 7.86. The second-order valence-corrected chi connectivity index (χ2v) is 7.27. The van der Waals surface area contributed by atoms with Crippen molar-refractivity contribution in [1.29, 1.82) is 0 Å². The molecule has 2 aliphatic rings. The molecule has 21 heavy (non-hydrogen) atoms. The Labute approximate surface area is 125 Å². The maximum absolute atomic E-state index is 12.7. The van der Waals surface area contributed by atoms with Crippen LogP contribution in [-0.4, -0.2) is 51.7 Å². The van der Waals surface area contributed by atoms with E-state index in [4.69, 9.17) is 0 Å². The number of nitrogens with zero attached hydrogens (tertiary/aromatic N) is 3. The Morgan fingerprint density at radius 1 is 1.38 bits per heavy atom. The lowest BCUT2D eigenvalue weighted by Crippen LogP contribution is -2.40. The molecule has 3 unspecified atom stereocenters. The molecular weight excluding hydrogens is 266 g/mol. The summed E-state index contributed by atoms with van der Waals surface area (Å²) in [5, 5.41) is 10.5. The highest BCUT2D eigenvalue weighted by atomic mass is 16.2. The molecule has 1 aromatic heterocycles. The molecule has 1 aromatic rings. The van der Waals surface area contributed by atoms with Crippen LogP contribution in [0.3, 0.4) is 0 Å². The zero-order chi connectivity index (χ0) is 15.2. The molecule has 2 saturated heterocycles. The lowest BCUT2D eigenvalue weighted by Gasteiger charge is -2.25. The second kappa shape index (κ2) is 5.09. The van der Waals surface area contributed by atoms with Gasteiger partial charge < -0.3 is 10.2 Å². The fourth-order valence-electron chi connectivity index (χ4n) is 3.60. The predicted molar refractivity (Wildman–Crippen MR) is 80.0 cm³/mol. The highest BCUT2D eigenvalue weighted by Gasteiger charge is 2.45. The zero-order valence-electron chi connectivity index (χ0n) is 13.3. The average molecular weight is 291 g/mol.